The Hall–Kier alpha value is -2.56. The summed E-state index contributed by atoms with van der Waals surface area (Å²) in [6.07, 6.45) is 8.76. The number of nitrogens with two attached hydrogens (primary N) is 1. The van der Waals surface area contributed by atoms with Gasteiger partial charge in [-0.1, -0.05) is 12.1 Å². The van der Waals surface area contributed by atoms with E-state index in [1.807, 2.05) is 65.5 Å². The van der Waals surface area contributed by atoms with Crippen LogP contribution in [0.4, 0.5) is 5.69 Å². The van der Waals surface area contributed by atoms with E-state index in [0.717, 1.165) is 29.8 Å². The first-order valence-electron chi connectivity index (χ1n) is 6.56. The number of rotatable bonds is 4. The number of anilines is 1. The van der Waals surface area contributed by atoms with Crippen LogP contribution >= 0.6 is 0 Å². The lowest BCUT2D eigenvalue weighted by atomic mass is 10.1. The summed E-state index contributed by atoms with van der Waals surface area (Å²) in [5.41, 5.74) is 9.97. The summed E-state index contributed by atoms with van der Waals surface area (Å²) in [6.45, 7) is 0.841. The van der Waals surface area contributed by atoms with Crippen LogP contribution in [0.1, 0.15) is 5.56 Å². The summed E-state index contributed by atoms with van der Waals surface area (Å²) < 4.78 is 3.77. The molecule has 0 fully saturated rings. The smallest absolute Gasteiger partial charge is 0.0568 e. The van der Waals surface area contributed by atoms with E-state index < -0.39 is 0 Å². The van der Waals surface area contributed by atoms with Gasteiger partial charge in [-0.15, -0.1) is 0 Å². The molecular weight excluding hydrogens is 250 g/mol. The van der Waals surface area contributed by atoms with Crippen molar-refractivity contribution in [3.05, 3.63) is 54.6 Å². The molecule has 3 aromatic rings. The van der Waals surface area contributed by atoms with E-state index in [9.17, 15) is 0 Å². The predicted molar refractivity (Wildman–Crippen MR) is 79.0 cm³/mol. The van der Waals surface area contributed by atoms with Crippen LogP contribution in [0, 0.1) is 0 Å². The highest BCUT2D eigenvalue weighted by molar-refractivity contribution is 5.65. The number of hydrogen-bond acceptors (Lipinski definition) is 3. The molecule has 0 spiro atoms. The molecule has 0 aliphatic carbocycles. The first-order valence-corrected chi connectivity index (χ1v) is 6.56. The van der Waals surface area contributed by atoms with E-state index >= 15 is 0 Å². The van der Waals surface area contributed by atoms with E-state index in [2.05, 4.69) is 10.2 Å². The Balaban J connectivity index is 1.70. The van der Waals surface area contributed by atoms with Gasteiger partial charge in [-0.25, -0.2) is 0 Å². The van der Waals surface area contributed by atoms with Crippen molar-refractivity contribution in [3.63, 3.8) is 0 Å². The van der Waals surface area contributed by atoms with Gasteiger partial charge in [0.15, 0.2) is 0 Å². The van der Waals surface area contributed by atoms with Gasteiger partial charge in [0, 0.05) is 37.2 Å². The molecule has 5 heteroatoms. The van der Waals surface area contributed by atoms with E-state index in [-0.39, 0.29) is 0 Å². The molecule has 0 saturated heterocycles. The zero-order valence-corrected chi connectivity index (χ0v) is 11.4. The fraction of sp³-hybridized carbons (Fsp3) is 0.200. The summed E-state index contributed by atoms with van der Waals surface area (Å²) in [5, 5.41) is 8.56. The molecule has 2 aromatic heterocycles. The highest BCUT2D eigenvalue weighted by Crippen LogP contribution is 2.20. The van der Waals surface area contributed by atoms with Gasteiger partial charge in [-0.2, -0.15) is 10.2 Å². The molecular formula is C15H17N5. The van der Waals surface area contributed by atoms with Crippen molar-refractivity contribution in [2.24, 2.45) is 7.05 Å². The van der Waals surface area contributed by atoms with Gasteiger partial charge in [0.05, 0.1) is 12.4 Å². The minimum absolute atomic E-state index is 0.769. The number of hydrogen-bond donors (Lipinski definition) is 1. The zero-order valence-electron chi connectivity index (χ0n) is 11.4. The van der Waals surface area contributed by atoms with Crippen LogP contribution in [-0.4, -0.2) is 19.6 Å². The lowest BCUT2D eigenvalue weighted by molar-refractivity contribution is 0.614. The van der Waals surface area contributed by atoms with Gasteiger partial charge in [0.2, 0.25) is 0 Å². The van der Waals surface area contributed by atoms with E-state index in [0.29, 0.717) is 0 Å². The van der Waals surface area contributed by atoms with Crippen molar-refractivity contribution in [2.45, 2.75) is 13.0 Å². The summed E-state index contributed by atoms with van der Waals surface area (Å²) in [4.78, 5) is 0. The molecule has 20 heavy (non-hydrogen) atoms. The molecule has 0 aliphatic heterocycles. The lowest BCUT2D eigenvalue weighted by Gasteiger charge is -2.00. The molecule has 0 bridgehead atoms. The van der Waals surface area contributed by atoms with Crippen LogP contribution in [0.5, 0.6) is 0 Å². The Kier molecular flexibility index (Phi) is 3.25. The molecule has 0 unspecified atom stereocenters. The topological polar surface area (TPSA) is 61.7 Å². The number of aryl methyl sites for hydroxylation is 3. The van der Waals surface area contributed by atoms with Crippen LogP contribution in [0.25, 0.3) is 11.1 Å². The molecule has 0 aliphatic rings. The minimum Gasteiger partial charge on any atom is -0.399 e. The van der Waals surface area contributed by atoms with Gasteiger partial charge < -0.3 is 5.73 Å². The first-order chi connectivity index (χ1) is 9.70. The molecule has 102 valence electrons. The second kappa shape index (κ2) is 5.21. The monoisotopic (exact) mass is 267 g/mol. The van der Waals surface area contributed by atoms with Crippen LogP contribution < -0.4 is 5.73 Å². The molecule has 0 saturated carbocycles. The molecule has 0 amide bonds. The SMILES string of the molecule is Cn1cc(CCn2cc(-c3cccc(N)c3)cn2)cn1. The van der Waals surface area contributed by atoms with Gasteiger partial charge in [0.25, 0.3) is 0 Å². The molecule has 1 aromatic carbocycles. The van der Waals surface area contributed by atoms with Crippen molar-refractivity contribution >= 4 is 5.69 Å². The highest BCUT2D eigenvalue weighted by Gasteiger charge is 2.03. The van der Waals surface area contributed by atoms with Crippen molar-refractivity contribution in [3.8, 4) is 11.1 Å². The van der Waals surface area contributed by atoms with Crippen LogP contribution in [0.2, 0.25) is 0 Å². The first kappa shape index (κ1) is 12.5. The average Bonchev–Trinajstić information content (AvgIpc) is 3.05. The van der Waals surface area contributed by atoms with Crippen molar-refractivity contribution in [1.82, 2.24) is 19.6 Å². The van der Waals surface area contributed by atoms with Gasteiger partial charge in [0.1, 0.15) is 0 Å². The second-order valence-corrected chi connectivity index (χ2v) is 4.89. The maximum Gasteiger partial charge on any atom is 0.0568 e. The normalized spacial score (nSPS) is 10.8. The van der Waals surface area contributed by atoms with Crippen molar-refractivity contribution in [2.75, 3.05) is 5.73 Å². The van der Waals surface area contributed by atoms with Crippen LogP contribution in [-0.2, 0) is 20.0 Å². The Bertz CT molecular complexity index is 710. The Morgan fingerprint density at radius 2 is 2.00 bits per heavy atom. The fourth-order valence-electron chi connectivity index (χ4n) is 2.20. The van der Waals surface area contributed by atoms with Gasteiger partial charge >= 0.3 is 0 Å². The largest absolute Gasteiger partial charge is 0.399 e. The standard InChI is InChI=1S/C15H17N5/c1-19-10-12(8-17-19)5-6-20-11-14(9-18-20)13-3-2-4-15(16)7-13/h2-4,7-11H,5-6,16H2,1H3. The summed E-state index contributed by atoms with van der Waals surface area (Å²) in [6, 6.07) is 7.84. The predicted octanol–water partition coefficient (Wildman–Crippen LogP) is 2.11. The summed E-state index contributed by atoms with van der Waals surface area (Å²) in [7, 11) is 1.93. The zero-order chi connectivity index (χ0) is 13.9. The lowest BCUT2D eigenvalue weighted by Crippen LogP contribution is -2.00. The van der Waals surface area contributed by atoms with Crippen molar-refractivity contribution < 1.29 is 0 Å². The fourth-order valence-corrected chi connectivity index (χ4v) is 2.20. The average molecular weight is 267 g/mol. The number of nitrogens with zero attached hydrogens (tertiary/aromatic N) is 4. The summed E-state index contributed by atoms with van der Waals surface area (Å²) >= 11 is 0. The minimum atomic E-state index is 0.769. The molecule has 0 atom stereocenters. The Morgan fingerprint density at radius 3 is 2.75 bits per heavy atom. The van der Waals surface area contributed by atoms with Crippen LogP contribution in [0.15, 0.2) is 49.1 Å². The number of nitrogen functional groups attached to an aromatic ring is 1. The number of aromatic nitrogens is 4. The highest BCUT2D eigenvalue weighted by atomic mass is 15.3. The Morgan fingerprint density at radius 1 is 1.10 bits per heavy atom. The molecule has 3 rings (SSSR count). The third kappa shape index (κ3) is 2.71. The summed E-state index contributed by atoms with van der Waals surface area (Å²) in [5.74, 6) is 0. The van der Waals surface area contributed by atoms with E-state index in [1.54, 1.807) is 0 Å². The maximum absolute atomic E-state index is 5.80. The molecule has 2 N–H and O–H groups in total. The van der Waals surface area contributed by atoms with Gasteiger partial charge in [-0.05, 0) is 29.7 Å². The Labute approximate surface area is 117 Å². The quantitative estimate of drug-likeness (QED) is 0.736. The second-order valence-electron chi connectivity index (χ2n) is 4.89. The molecule has 0 radical (unpaired) electrons. The van der Waals surface area contributed by atoms with Crippen LogP contribution in [0.3, 0.4) is 0 Å². The van der Waals surface area contributed by atoms with E-state index in [1.165, 1.54) is 5.56 Å². The maximum atomic E-state index is 5.80. The van der Waals surface area contributed by atoms with E-state index in [4.69, 9.17) is 5.73 Å². The van der Waals surface area contributed by atoms with Crippen molar-refractivity contribution in [1.29, 1.82) is 0 Å². The third-order valence-corrected chi connectivity index (χ3v) is 3.24. The number of benzene rings is 1. The van der Waals surface area contributed by atoms with Gasteiger partial charge in [-0.3, -0.25) is 9.36 Å². The third-order valence-electron chi connectivity index (χ3n) is 3.24. The molecule has 2 heterocycles. The molecule has 5 nitrogen and oxygen atoms in total.